The van der Waals surface area contributed by atoms with Crippen molar-refractivity contribution >= 4 is 11.1 Å². The largest absolute Gasteiger partial charge is 0.768 e. The lowest BCUT2D eigenvalue weighted by Gasteiger charge is -2.08. The van der Waals surface area contributed by atoms with Gasteiger partial charge in [0.05, 0.1) is 0 Å². The van der Waals surface area contributed by atoms with Crippen LogP contribution in [-0.4, -0.2) is 13.3 Å². The number of aromatic nitrogens is 1. The number of hydrogen-bond acceptors (Lipinski definition) is 2. The molecule has 0 saturated heterocycles. The van der Waals surface area contributed by atoms with Gasteiger partial charge >= 0.3 is 0 Å². The van der Waals surface area contributed by atoms with Crippen molar-refractivity contribution in [1.29, 1.82) is 0 Å². The minimum atomic E-state index is -2.16. The molecule has 0 N–H and O–H groups in total. The smallest absolute Gasteiger partial charge is 0.0460 e. The van der Waals surface area contributed by atoms with Crippen LogP contribution in [0.4, 0.5) is 0 Å². The first-order valence-corrected chi connectivity index (χ1v) is 5.17. The van der Waals surface area contributed by atoms with E-state index in [4.69, 9.17) is 0 Å². The van der Waals surface area contributed by atoms with Crippen molar-refractivity contribution in [3.63, 3.8) is 0 Å². The second kappa shape index (κ2) is 3.77. The number of rotatable bonds is 2. The number of hydrogen-bond donors (Lipinski definition) is 0. The van der Waals surface area contributed by atoms with Crippen LogP contribution in [0.3, 0.4) is 0 Å². The summed E-state index contributed by atoms with van der Waals surface area (Å²) in [7, 11) is 0. The van der Waals surface area contributed by atoms with E-state index < -0.39 is 11.1 Å². The average Bonchev–Trinajstić information content (AvgIpc) is 2.71. The summed E-state index contributed by atoms with van der Waals surface area (Å²) in [6.45, 7) is 0. The summed E-state index contributed by atoms with van der Waals surface area (Å²) in [5.41, 5.74) is 0.844. The molecule has 0 spiro atoms. The van der Waals surface area contributed by atoms with Gasteiger partial charge in [0.25, 0.3) is 0 Å². The molecule has 0 fully saturated rings. The Morgan fingerprint density at radius 1 is 1.14 bits per heavy atom. The first kappa shape index (κ1) is 9.18. The van der Waals surface area contributed by atoms with Gasteiger partial charge in [0.1, 0.15) is 0 Å². The van der Waals surface area contributed by atoms with Gasteiger partial charge in [-0.25, -0.2) is 0 Å². The van der Waals surface area contributed by atoms with Gasteiger partial charge < -0.3 is 9.12 Å². The molecule has 1 unspecified atom stereocenters. The SMILES string of the molecule is O=S([O-])c1cccc(-n2cccc2)c1. The molecule has 1 atom stereocenters. The van der Waals surface area contributed by atoms with Crippen molar-refractivity contribution in [2.24, 2.45) is 0 Å². The van der Waals surface area contributed by atoms with Crippen LogP contribution in [-0.2, 0) is 11.1 Å². The van der Waals surface area contributed by atoms with E-state index in [0.717, 1.165) is 5.69 Å². The summed E-state index contributed by atoms with van der Waals surface area (Å²) in [6, 6.07) is 10.6. The van der Waals surface area contributed by atoms with Crippen LogP contribution in [0.1, 0.15) is 0 Å². The standard InChI is InChI=1S/C10H9NO2S/c12-14(13)10-5-3-4-9(8-10)11-6-1-2-7-11/h1-8H,(H,12,13)/p-1. The quantitative estimate of drug-likeness (QED) is 0.702. The van der Waals surface area contributed by atoms with Gasteiger partial charge in [0.15, 0.2) is 0 Å². The summed E-state index contributed by atoms with van der Waals surface area (Å²) < 4.78 is 23.3. The summed E-state index contributed by atoms with van der Waals surface area (Å²) in [4.78, 5) is 0.302. The lowest BCUT2D eigenvalue weighted by Crippen LogP contribution is -1.93. The topological polar surface area (TPSA) is 45.1 Å². The molecule has 0 radical (unpaired) electrons. The zero-order valence-electron chi connectivity index (χ0n) is 7.29. The molecular formula is C10H8NO2S-. The van der Waals surface area contributed by atoms with E-state index in [2.05, 4.69) is 0 Å². The lowest BCUT2D eigenvalue weighted by molar-refractivity contribution is 0.537. The molecule has 1 aromatic heterocycles. The van der Waals surface area contributed by atoms with Gasteiger partial charge in [-0.1, -0.05) is 6.07 Å². The van der Waals surface area contributed by atoms with Crippen molar-refractivity contribution in [2.45, 2.75) is 4.90 Å². The second-order valence-corrected chi connectivity index (χ2v) is 3.76. The van der Waals surface area contributed by atoms with Gasteiger partial charge in [-0.3, -0.25) is 4.21 Å². The highest BCUT2D eigenvalue weighted by Crippen LogP contribution is 2.12. The Morgan fingerprint density at radius 3 is 2.50 bits per heavy atom. The normalized spacial score (nSPS) is 12.6. The van der Waals surface area contributed by atoms with Gasteiger partial charge in [0.2, 0.25) is 0 Å². The number of benzene rings is 1. The first-order valence-electron chi connectivity index (χ1n) is 4.10. The lowest BCUT2D eigenvalue weighted by atomic mass is 10.3. The van der Waals surface area contributed by atoms with Crippen LogP contribution in [0.2, 0.25) is 0 Å². The first-order chi connectivity index (χ1) is 6.77. The Hall–Kier alpha value is -1.39. The minimum Gasteiger partial charge on any atom is -0.768 e. The molecule has 2 aromatic rings. The molecule has 0 aliphatic carbocycles. The zero-order valence-corrected chi connectivity index (χ0v) is 8.11. The fourth-order valence-corrected chi connectivity index (χ4v) is 1.66. The molecule has 1 heterocycles. The maximum Gasteiger partial charge on any atom is 0.0460 e. The Kier molecular flexibility index (Phi) is 2.47. The third kappa shape index (κ3) is 1.76. The predicted molar refractivity (Wildman–Crippen MR) is 53.0 cm³/mol. The average molecular weight is 206 g/mol. The second-order valence-electron chi connectivity index (χ2n) is 2.82. The molecule has 0 amide bonds. The predicted octanol–water partition coefficient (Wildman–Crippen LogP) is 1.72. The Labute approximate surface area is 84.3 Å². The maximum absolute atomic E-state index is 10.7. The molecule has 0 aliphatic heterocycles. The molecule has 4 heteroatoms. The third-order valence-corrected chi connectivity index (χ3v) is 2.55. The van der Waals surface area contributed by atoms with Crippen molar-refractivity contribution in [1.82, 2.24) is 4.57 Å². The zero-order chi connectivity index (χ0) is 9.97. The fraction of sp³-hybridized carbons (Fsp3) is 0. The molecule has 0 bridgehead atoms. The minimum absolute atomic E-state index is 0.302. The van der Waals surface area contributed by atoms with Gasteiger partial charge in [-0.05, 0) is 41.4 Å². The van der Waals surface area contributed by atoms with Crippen LogP contribution in [0.5, 0.6) is 0 Å². The summed E-state index contributed by atoms with van der Waals surface area (Å²) in [5.74, 6) is 0. The summed E-state index contributed by atoms with van der Waals surface area (Å²) >= 11 is -2.16. The third-order valence-electron chi connectivity index (χ3n) is 1.91. The van der Waals surface area contributed by atoms with Crippen LogP contribution >= 0.6 is 0 Å². The molecule has 0 aliphatic rings. The van der Waals surface area contributed by atoms with Crippen LogP contribution in [0, 0.1) is 0 Å². The van der Waals surface area contributed by atoms with Crippen LogP contribution in [0.25, 0.3) is 5.69 Å². The Morgan fingerprint density at radius 2 is 1.86 bits per heavy atom. The van der Waals surface area contributed by atoms with E-state index in [1.54, 1.807) is 18.2 Å². The molecule has 0 saturated carbocycles. The van der Waals surface area contributed by atoms with E-state index in [9.17, 15) is 8.76 Å². The van der Waals surface area contributed by atoms with E-state index in [1.807, 2.05) is 35.2 Å². The van der Waals surface area contributed by atoms with Gasteiger partial charge in [0, 0.05) is 23.0 Å². The summed E-state index contributed by atoms with van der Waals surface area (Å²) in [5, 5.41) is 0. The highest BCUT2D eigenvalue weighted by Gasteiger charge is 1.96. The molecular weight excluding hydrogens is 198 g/mol. The highest BCUT2D eigenvalue weighted by molar-refractivity contribution is 7.79. The maximum atomic E-state index is 10.7. The molecule has 2 rings (SSSR count). The van der Waals surface area contributed by atoms with E-state index in [0.29, 0.717) is 4.90 Å². The van der Waals surface area contributed by atoms with Gasteiger partial charge in [-0.2, -0.15) is 0 Å². The highest BCUT2D eigenvalue weighted by atomic mass is 32.2. The molecule has 72 valence electrons. The Bertz CT molecular complexity index is 451. The van der Waals surface area contributed by atoms with Crippen molar-refractivity contribution in [3.8, 4) is 5.69 Å². The molecule has 1 aromatic carbocycles. The summed E-state index contributed by atoms with van der Waals surface area (Å²) in [6.07, 6.45) is 3.74. The van der Waals surface area contributed by atoms with Crippen molar-refractivity contribution in [3.05, 3.63) is 48.8 Å². The van der Waals surface area contributed by atoms with Crippen molar-refractivity contribution in [2.75, 3.05) is 0 Å². The van der Waals surface area contributed by atoms with Gasteiger partial charge in [-0.15, -0.1) is 0 Å². The van der Waals surface area contributed by atoms with E-state index in [1.165, 1.54) is 0 Å². The fourth-order valence-electron chi connectivity index (χ4n) is 1.25. The van der Waals surface area contributed by atoms with E-state index in [-0.39, 0.29) is 0 Å². The van der Waals surface area contributed by atoms with E-state index >= 15 is 0 Å². The monoisotopic (exact) mass is 206 g/mol. The number of nitrogens with zero attached hydrogens (tertiary/aromatic N) is 1. The molecule has 3 nitrogen and oxygen atoms in total. The van der Waals surface area contributed by atoms with Crippen LogP contribution < -0.4 is 0 Å². The molecule has 14 heavy (non-hydrogen) atoms. The van der Waals surface area contributed by atoms with Crippen LogP contribution in [0.15, 0.2) is 53.7 Å². The van der Waals surface area contributed by atoms with Crippen molar-refractivity contribution < 1.29 is 8.76 Å². The Balaban J connectivity index is 2.46.